The van der Waals surface area contributed by atoms with Crippen molar-refractivity contribution in [2.24, 2.45) is 0 Å². The first-order valence-electron chi connectivity index (χ1n) is 9.37. The molecule has 5 nitrogen and oxygen atoms in total. The highest BCUT2D eigenvalue weighted by Gasteiger charge is 2.14. The largest absolute Gasteiger partial charge is 0.322 e. The maximum absolute atomic E-state index is 13.0. The highest BCUT2D eigenvalue weighted by atomic mass is 16.6. The van der Waals surface area contributed by atoms with Crippen LogP contribution in [0.5, 0.6) is 0 Å². The molecule has 146 valence electrons. The first-order valence-corrected chi connectivity index (χ1v) is 9.37. The molecule has 3 aromatic carbocycles. The monoisotopic (exact) mass is 386 g/mol. The number of nitro groups is 1. The van der Waals surface area contributed by atoms with Gasteiger partial charge >= 0.3 is 0 Å². The number of anilines is 1. The molecule has 0 aliphatic carbocycles. The van der Waals surface area contributed by atoms with Crippen molar-refractivity contribution < 1.29 is 9.72 Å². The summed E-state index contributed by atoms with van der Waals surface area (Å²) >= 11 is 0. The fraction of sp³-hybridized carbons (Fsp3) is 0.125. The van der Waals surface area contributed by atoms with E-state index >= 15 is 0 Å². The molecule has 0 atom stereocenters. The number of carbonyl (C=O) groups is 1. The summed E-state index contributed by atoms with van der Waals surface area (Å²) in [6, 6.07) is 23.2. The van der Waals surface area contributed by atoms with Crippen molar-refractivity contribution in [3.05, 3.63) is 106 Å². The minimum absolute atomic E-state index is 0.0177. The van der Waals surface area contributed by atoms with Gasteiger partial charge in [-0.3, -0.25) is 14.9 Å². The van der Waals surface area contributed by atoms with Crippen molar-refractivity contribution in [2.45, 2.75) is 19.8 Å². The molecule has 0 aliphatic rings. The zero-order valence-corrected chi connectivity index (χ0v) is 16.3. The quantitative estimate of drug-likeness (QED) is 0.248. The van der Waals surface area contributed by atoms with Crippen LogP contribution in [0.1, 0.15) is 36.5 Å². The number of hydrogen-bond donors (Lipinski definition) is 1. The van der Waals surface area contributed by atoms with Crippen LogP contribution >= 0.6 is 0 Å². The van der Waals surface area contributed by atoms with Crippen LogP contribution in [0.2, 0.25) is 0 Å². The molecule has 3 rings (SSSR count). The van der Waals surface area contributed by atoms with Gasteiger partial charge in [0.25, 0.3) is 11.6 Å². The molecule has 0 bridgehead atoms. The SMILES string of the molecule is CC(C)c1ccc(NC(=O)C(=Cc2cccc([N+](=O)[O-])c2)c2ccccc2)cc1. The van der Waals surface area contributed by atoms with E-state index in [0.29, 0.717) is 22.7 Å². The molecule has 0 unspecified atom stereocenters. The number of nitro benzene ring substituents is 1. The lowest BCUT2D eigenvalue weighted by molar-refractivity contribution is -0.384. The summed E-state index contributed by atoms with van der Waals surface area (Å²) in [5.41, 5.74) is 3.62. The standard InChI is InChI=1S/C24H22N2O3/c1-17(2)19-11-13-21(14-12-19)25-24(27)23(20-8-4-3-5-9-20)16-18-7-6-10-22(15-18)26(28)29/h3-17H,1-2H3,(H,25,27). The van der Waals surface area contributed by atoms with Gasteiger partial charge in [-0.25, -0.2) is 0 Å². The highest BCUT2D eigenvalue weighted by molar-refractivity contribution is 6.29. The summed E-state index contributed by atoms with van der Waals surface area (Å²) in [6.45, 7) is 4.23. The highest BCUT2D eigenvalue weighted by Crippen LogP contribution is 2.23. The van der Waals surface area contributed by atoms with Gasteiger partial charge in [0.2, 0.25) is 0 Å². The average Bonchev–Trinajstić information content (AvgIpc) is 2.73. The van der Waals surface area contributed by atoms with Gasteiger partial charge in [-0.05, 0) is 40.8 Å². The summed E-state index contributed by atoms with van der Waals surface area (Å²) in [5.74, 6) is 0.133. The number of rotatable bonds is 6. The Bertz CT molecular complexity index is 1040. The lowest BCUT2D eigenvalue weighted by Crippen LogP contribution is -2.13. The summed E-state index contributed by atoms with van der Waals surface area (Å²) in [5, 5.41) is 14.0. The molecule has 5 heteroatoms. The van der Waals surface area contributed by atoms with Crippen molar-refractivity contribution >= 4 is 28.9 Å². The topological polar surface area (TPSA) is 72.2 Å². The number of amides is 1. The van der Waals surface area contributed by atoms with E-state index in [9.17, 15) is 14.9 Å². The summed E-state index contributed by atoms with van der Waals surface area (Å²) in [6.07, 6.45) is 1.67. The number of benzene rings is 3. The van der Waals surface area contributed by atoms with Gasteiger partial charge in [-0.15, -0.1) is 0 Å². The van der Waals surface area contributed by atoms with Crippen LogP contribution in [0.3, 0.4) is 0 Å². The van der Waals surface area contributed by atoms with E-state index < -0.39 is 4.92 Å². The Hall–Kier alpha value is -3.73. The van der Waals surface area contributed by atoms with Crippen molar-refractivity contribution in [3.63, 3.8) is 0 Å². The Balaban J connectivity index is 1.94. The average molecular weight is 386 g/mol. The minimum atomic E-state index is -0.449. The third kappa shape index (κ3) is 5.17. The van der Waals surface area contributed by atoms with Crippen molar-refractivity contribution in [2.75, 3.05) is 5.32 Å². The van der Waals surface area contributed by atoms with Crippen LogP contribution in [0.15, 0.2) is 78.9 Å². The van der Waals surface area contributed by atoms with E-state index in [-0.39, 0.29) is 11.6 Å². The molecule has 1 amide bonds. The number of hydrogen-bond acceptors (Lipinski definition) is 3. The molecular formula is C24H22N2O3. The zero-order chi connectivity index (χ0) is 20.8. The first kappa shape index (κ1) is 20.0. The normalized spacial score (nSPS) is 11.3. The molecule has 0 aromatic heterocycles. The Labute approximate surface area is 169 Å². The van der Waals surface area contributed by atoms with Gasteiger partial charge in [-0.1, -0.05) is 68.4 Å². The van der Waals surface area contributed by atoms with Gasteiger partial charge < -0.3 is 5.32 Å². The van der Waals surface area contributed by atoms with Gasteiger partial charge in [0.15, 0.2) is 0 Å². The lowest BCUT2D eigenvalue weighted by Gasteiger charge is -2.11. The number of non-ortho nitro benzene ring substituents is 1. The van der Waals surface area contributed by atoms with Crippen molar-refractivity contribution in [1.29, 1.82) is 0 Å². The van der Waals surface area contributed by atoms with E-state index in [1.54, 1.807) is 18.2 Å². The second kappa shape index (κ2) is 8.97. The van der Waals surface area contributed by atoms with Gasteiger partial charge in [-0.2, -0.15) is 0 Å². The Kier molecular flexibility index (Phi) is 6.19. The predicted octanol–water partition coefficient (Wildman–Crippen LogP) is 5.90. The molecule has 0 saturated carbocycles. The fourth-order valence-electron chi connectivity index (χ4n) is 2.94. The second-order valence-electron chi connectivity index (χ2n) is 7.01. The number of nitrogens with one attached hydrogen (secondary N) is 1. The van der Waals surface area contributed by atoms with Crippen LogP contribution in [-0.2, 0) is 4.79 Å². The predicted molar refractivity (Wildman–Crippen MR) is 117 cm³/mol. The van der Waals surface area contributed by atoms with Gasteiger partial charge in [0, 0.05) is 23.4 Å². The molecule has 0 fully saturated rings. The molecular weight excluding hydrogens is 364 g/mol. The Morgan fingerprint density at radius 2 is 1.66 bits per heavy atom. The third-order valence-electron chi connectivity index (χ3n) is 4.56. The van der Waals surface area contributed by atoms with E-state index in [1.807, 2.05) is 54.6 Å². The van der Waals surface area contributed by atoms with Crippen molar-refractivity contribution in [1.82, 2.24) is 0 Å². The lowest BCUT2D eigenvalue weighted by atomic mass is 10.0. The second-order valence-corrected chi connectivity index (χ2v) is 7.01. The zero-order valence-electron chi connectivity index (χ0n) is 16.3. The number of nitrogens with zero attached hydrogens (tertiary/aromatic N) is 1. The molecule has 1 N–H and O–H groups in total. The van der Waals surface area contributed by atoms with E-state index in [1.165, 1.54) is 17.7 Å². The van der Waals surface area contributed by atoms with Crippen LogP contribution in [-0.4, -0.2) is 10.8 Å². The summed E-state index contributed by atoms with van der Waals surface area (Å²) in [4.78, 5) is 23.7. The molecule has 3 aromatic rings. The van der Waals surface area contributed by atoms with E-state index in [2.05, 4.69) is 19.2 Å². The molecule has 0 aliphatic heterocycles. The summed E-state index contributed by atoms with van der Waals surface area (Å²) < 4.78 is 0. The first-order chi connectivity index (χ1) is 13.9. The molecule has 0 heterocycles. The smallest absolute Gasteiger partial charge is 0.270 e. The maximum atomic E-state index is 13.0. The summed E-state index contributed by atoms with van der Waals surface area (Å²) in [7, 11) is 0. The van der Waals surface area contributed by atoms with E-state index in [0.717, 1.165) is 5.56 Å². The maximum Gasteiger partial charge on any atom is 0.270 e. The van der Waals surface area contributed by atoms with Gasteiger partial charge in [0.05, 0.1) is 4.92 Å². The van der Waals surface area contributed by atoms with Crippen LogP contribution in [0, 0.1) is 10.1 Å². The van der Waals surface area contributed by atoms with Crippen molar-refractivity contribution in [3.8, 4) is 0 Å². The minimum Gasteiger partial charge on any atom is -0.322 e. The van der Waals surface area contributed by atoms with Crippen LogP contribution < -0.4 is 5.32 Å². The van der Waals surface area contributed by atoms with Gasteiger partial charge in [0.1, 0.15) is 0 Å². The Morgan fingerprint density at radius 3 is 2.28 bits per heavy atom. The molecule has 0 spiro atoms. The molecule has 29 heavy (non-hydrogen) atoms. The van der Waals surface area contributed by atoms with Crippen LogP contribution in [0.25, 0.3) is 11.6 Å². The Morgan fingerprint density at radius 1 is 0.966 bits per heavy atom. The fourth-order valence-corrected chi connectivity index (χ4v) is 2.94. The molecule has 0 radical (unpaired) electrons. The third-order valence-corrected chi connectivity index (χ3v) is 4.56. The van der Waals surface area contributed by atoms with E-state index in [4.69, 9.17) is 0 Å². The number of carbonyl (C=O) groups excluding carboxylic acids is 1. The molecule has 0 saturated heterocycles. The van der Waals surface area contributed by atoms with Crippen LogP contribution in [0.4, 0.5) is 11.4 Å².